The van der Waals surface area contributed by atoms with E-state index in [1.54, 1.807) is 30.0 Å². The minimum atomic E-state index is -0.268. The maximum absolute atomic E-state index is 12.5. The molecule has 0 aromatic heterocycles. The summed E-state index contributed by atoms with van der Waals surface area (Å²) in [6, 6.07) is 13.9. The Kier molecular flexibility index (Phi) is 7.72. The van der Waals surface area contributed by atoms with Gasteiger partial charge in [0.15, 0.2) is 0 Å². The molecule has 0 radical (unpaired) electrons. The minimum Gasteiger partial charge on any atom is -0.344 e. The van der Waals surface area contributed by atoms with Crippen molar-refractivity contribution >= 4 is 28.3 Å². The van der Waals surface area contributed by atoms with E-state index in [9.17, 15) is 9.59 Å². The fourth-order valence-corrected chi connectivity index (χ4v) is 3.22. The predicted octanol–water partition coefficient (Wildman–Crippen LogP) is -0.596. The Labute approximate surface area is 206 Å². The molecule has 124 valence electrons. The fourth-order valence-electron chi connectivity index (χ4n) is 3.22. The molecule has 1 fully saturated rings. The van der Waals surface area contributed by atoms with Crippen molar-refractivity contribution in [3.05, 3.63) is 48.0 Å². The van der Waals surface area contributed by atoms with Gasteiger partial charge in [-0.3, -0.25) is 9.59 Å². The van der Waals surface area contributed by atoms with Crippen molar-refractivity contribution in [3.63, 3.8) is 0 Å². The second-order valence-corrected chi connectivity index (χ2v) is 6.06. The summed E-state index contributed by atoms with van der Waals surface area (Å²) in [5.74, 6) is -0.403. The van der Waals surface area contributed by atoms with Gasteiger partial charge in [-0.2, -0.15) is 24.3 Å². The van der Waals surface area contributed by atoms with Crippen LogP contribution in [0.4, 0.5) is 0 Å². The molecule has 0 bridgehead atoms. The van der Waals surface area contributed by atoms with Crippen LogP contribution in [0.15, 0.2) is 36.4 Å². The molecule has 0 saturated carbocycles. The molecule has 1 saturated heterocycles. The Morgan fingerprint density at radius 1 is 1.36 bits per heavy atom. The van der Waals surface area contributed by atoms with Gasteiger partial charge in [-0.05, 0) is 25.3 Å². The zero-order valence-electron chi connectivity index (χ0n) is 14.6. The number of hydrogen-bond acceptors (Lipinski definition) is 3. The molecule has 1 aliphatic rings. The summed E-state index contributed by atoms with van der Waals surface area (Å²) in [4.78, 5) is 26.5. The molecule has 1 heterocycles. The number of fused-ring (bicyclic) bond motifs is 1. The Morgan fingerprint density at radius 2 is 2.16 bits per heavy atom. The average Bonchev–Trinajstić information content (AvgIpc) is 3.09. The van der Waals surface area contributed by atoms with Crippen molar-refractivity contribution < 1.29 is 78.5 Å². The van der Waals surface area contributed by atoms with Crippen molar-refractivity contribution in [2.75, 3.05) is 13.1 Å². The van der Waals surface area contributed by atoms with Gasteiger partial charge < -0.3 is 15.6 Å². The maximum atomic E-state index is 12.5. The van der Waals surface area contributed by atoms with E-state index in [1.807, 2.05) is 18.2 Å². The summed E-state index contributed by atoms with van der Waals surface area (Å²) in [5.41, 5.74) is 1.04. The number of likely N-dealkylation sites (tertiary alicyclic amines) is 1. The molecule has 1 atom stereocenters. The standard InChI is InChI=1S/C19H20N3O2.Cs/c1-13(20)17-10-5-11-22(17)18(23)12-21-19(24)16-9-4-7-14-6-2-3-8-15(14)16;/h2,4,6-9,17,20H,5,10-12H2,1H3,(H,21,24);/q-1;+1/t17-;/m0./s1. The van der Waals surface area contributed by atoms with E-state index in [-0.39, 0.29) is 93.3 Å². The van der Waals surface area contributed by atoms with Crippen LogP contribution in [-0.4, -0.2) is 41.6 Å². The zero-order chi connectivity index (χ0) is 17.1. The van der Waals surface area contributed by atoms with E-state index in [0.29, 0.717) is 17.8 Å². The zero-order valence-corrected chi connectivity index (χ0v) is 20.9. The Balaban J connectivity index is 0.00000225. The number of nitrogens with one attached hydrogen (secondary N) is 2. The first-order valence-electron chi connectivity index (χ1n) is 8.09. The normalized spacial score (nSPS) is 16.4. The van der Waals surface area contributed by atoms with Gasteiger partial charge in [-0.25, -0.2) is 0 Å². The molecule has 0 unspecified atom stereocenters. The van der Waals surface area contributed by atoms with Crippen molar-refractivity contribution in [3.8, 4) is 0 Å². The molecule has 25 heavy (non-hydrogen) atoms. The number of amides is 2. The third kappa shape index (κ3) is 4.75. The molecule has 6 heteroatoms. The molecule has 2 aromatic rings. The van der Waals surface area contributed by atoms with Crippen molar-refractivity contribution in [1.82, 2.24) is 10.2 Å². The van der Waals surface area contributed by atoms with Crippen LogP contribution >= 0.6 is 0 Å². The van der Waals surface area contributed by atoms with Crippen LogP contribution in [-0.2, 0) is 4.79 Å². The van der Waals surface area contributed by atoms with Gasteiger partial charge in [0.05, 0.1) is 12.6 Å². The van der Waals surface area contributed by atoms with E-state index >= 15 is 0 Å². The van der Waals surface area contributed by atoms with Gasteiger partial charge in [-0.15, -0.1) is 10.8 Å². The molecule has 2 N–H and O–H groups in total. The van der Waals surface area contributed by atoms with Gasteiger partial charge in [-0.1, -0.05) is 18.2 Å². The summed E-state index contributed by atoms with van der Waals surface area (Å²) in [6.45, 7) is 2.33. The van der Waals surface area contributed by atoms with E-state index in [1.165, 1.54) is 0 Å². The first-order valence-corrected chi connectivity index (χ1v) is 8.09. The van der Waals surface area contributed by atoms with Crippen molar-refractivity contribution in [2.24, 2.45) is 0 Å². The smallest absolute Gasteiger partial charge is 0.344 e. The van der Waals surface area contributed by atoms with Crippen LogP contribution in [0.3, 0.4) is 0 Å². The SMILES string of the molecule is CC(=N)[C@@H]1CCCN1C(=O)CNC(=O)c1cccc2cc[c-]cc12.[Cs+]. The summed E-state index contributed by atoms with van der Waals surface area (Å²) in [7, 11) is 0. The quantitative estimate of drug-likeness (QED) is 0.478. The topological polar surface area (TPSA) is 73.3 Å². The molecule has 2 amide bonds. The number of hydrogen-bond donors (Lipinski definition) is 2. The number of nitrogens with zero attached hydrogens (tertiary/aromatic N) is 1. The summed E-state index contributed by atoms with van der Waals surface area (Å²) >= 11 is 0. The van der Waals surface area contributed by atoms with Gasteiger partial charge in [0.2, 0.25) is 11.8 Å². The third-order valence-corrected chi connectivity index (χ3v) is 4.44. The molecular weight excluding hydrogens is 435 g/mol. The molecule has 5 nitrogen and oxygen atoms in total. The fraction of sp³-hybridized carbons (Fsp3) is 0.316. The number of carbonyl (C=O) groups is 2. The predicted molar refractivity (Wildman–Crippen MR) is 93.3 cm³/mol. The van der Waals surface area contributed by atoms with Gasteiger partial charge >= 0.3 is 68.9 Å². The van der Waals surface area contributed by atoms with Crippen LogP contribution in [0.5, 0.6) is 0 Å². The monoisotopic (exact) mass is 455 g/mol. The molecule has 3 rings (SSSR count). The molecule has 0 aliphatic carbocycles. The molecular formula is C19H20CsN3O2. The third-order valence-electron chi connectivity index (χ3n) is 4.44. The number of benzene rings is 2. The van der Waals surface area contributed by atoms with Crippen molar-refractivity contribution in [2.45, 2.75) is 25.8 Å². The Hall–Kier alpha value is -0.638. The van der Waals surface area contributed by atoms with Crippen LogP contribution in [0, 0.1) is 11.5 Å². The number of carbonyl (C=O) groups excluding carboxylic acids is 2. The Bertz CT molecular complexity index is 801. The van der Waals surface area contributed by atoms with Crippen LogP contribution in [0.2, 0.25) is 0 Å². The van der Waals surface area contributed by atoms with Crippen LogP contribution in [0.25, 0.3) is 10.8 Å². The van der Waals surface area contributed by atoms with E-state index in [0.717, 1.165) is 23.6 Å². The van der Waals surface area contributed by atoms with Gasteiger partial charge in [0, 0.05) is 12.3 Å². The summed E-state index contributed by atoms with van der Waals surface area (Å²) in [5, 5.41) is 12.3. The second kappa shape index (κ2) is 9.34. The largest absolute Gasteiger partial charge is 1.00 e. The van der Waals surface area contributed by atoms with E-state index < -0.39 is 0 Å². The Morgan fingerprint density at radius 3 is 2.92 bits per heavy atom. The molecule has 0 spiro atoms. The average molecular weight is 455 g/mol. The van der Waals surface area contributed by atoms with E-state index in [4.69, 9.17) is 5.41 Å². The van der Waals surface area contributed by atoms with Crippen LogP contribution < -0.4 is 74.2 Å². The number of rotatable bonds is 4. The van der Waals surface area contributed by atoms with E-state index in [2.05, 4.69) is 11.4 Å². The molecule has 1 aliphatic heterocycles. The second-order valence-electron chi connectivity index (χ2n) is 6.06. The van der Waals surface area contributed by atoms with Gasteiger partial charge in [0.25, 0.3) is 0 Å². The molecule has 2 aromatic carbocycles. The first-order chi connectivity index (χ1) is 11.6. The minimum absolute atomic E-state index is 0. The van der Waals surface area contributed by atoms with Crippen LogP contribution in [0.1, 0.15) is 30.1 Å². The summed E-state index contributed by atoms with van der Waals surface area (Å²) < 4.78 is 0. The maximum Gasteiger partial charge on any atom is 1.00 e. The van der Waals surface area contributed by atoms with Crippen molar-refractivity contribution in [1.29, 1.82) is 5.41 Å². The first kappa shape index (κ1) is 20.7. The van der Waals surface area contributed by atoms with Gasteiger partial charge in [0.1, 0.15) is 0 Å². The summed E-state index contributed by atoms with van der Waals surface area (Å²) in [6.07, 6.45) is 1.73.